The Morgan fingerprint density at radius 1 is 1.46 bits per heavy atom. The summed E-state index contributed by atoms with van der Waals surface area (Å²) >= 11 is 1.32. The van der Waals surface area contributed by atoms with Gasteiger partial charge in [0.15, 0.2) is 0 Å². The van der Waals surface area contributed by atoms with Crippen LogP contribution in [0.3, 0.4) is 0 Å². The van der Waals surface area contributed by atoms with E-state index in [1.165, 1.54) is 11.3 Å². The lowest BCUT2D eigenvalue weighted by Gasteiger charge is -2.26. The van der Waals surface area contributed by atoms with E-state index in [9.17, 15) is 4.79 Å². The number of primary amides is 1. The predicted molar refractivity (Wildman–Crippen MR) is 107 cm³/mol. The average Bonchev–Trinajstić information content (AvgIpc) is 3.22. The number of thiazole rings is 1. The van der Waals surface area contributed by atoms with Crippen LogP contribution < -0.4 is 16.4 Å². The van der Waals surface area contributed by atoms with E-state index in [1.54, 1.807) is 13.1 Å². The van der Waals surface area contributed by atoms with Gasteiger partial charge in [-0.1, -0.05) is 0 Å². The van der Waals surface area contributed by atoms with Gasteiger partial charge in [-0.3, -0.25) is 4.79 Å². The molecule has 7 nitrogen and oxygen atoms in total. The van der Waals surface area contributed by atoms with Crippen molar-refractivity contribution in [1.82, 2.24) is 20.3 Å². The van der Waals surface area contributed by atoms with E-state index in [2.05, 4.69) is 25.6 Å². The van der Waals surface area contributed by atoms with E-state index < -0.39 is 5.91 Å². The number of pyridine rings is 1. The van der Waals surface area contributed by atoms with Crippen molar-refractivity contribution in [1.29, 1.82) is 0 Å². The average molecular weight is 393 g/mol. The topological polar surface area (TPSA) is 109 Å². The molecule has 5 N–H and O–H groups in total. The molecule has 4 heterocycles. The highest BCUT2D eigenvalue weighted by Crippen LogP contribution is 2.37. The first-order chi connectivity index (χ1) is 12.1. The van der Waals surface area contributed by atoms with Gasteiger partial charge in [-0.05, 0) is 32.4 Å². The second kappa shape index (κ2) is 7.61. The number of hydrogen-bond donors (Lipinski definition) is 4. The second-order valence-corrected chi connectivity index (χ2v) is 7.27. The molecule has 0 aromatic carbocycles. The summed E-state index contributed by atoms with van der Waals surface area (Å²) in [4.78, 5) is 24.3. The SMILES string of the molecule is Cc1nc(-c2cnc3[nH]ccc3c2NC2CCCNC2)sc1C(N)=O.Cl. The third kappa shape index (κ3) is 3.40. The standard InChI is InChI=1S/C17H20N6OS.ClH/c1-9-14(15(18)24)25-17(22-9)12-8-21-16-11(4-6-20-16)13(12)23-10-3-2-5-19-7-10;/h4,6,8,10,19H,2-3,5,7H2,1H3,(H2,18,24)(H2,20,21,23);1H. The number of nitrogens with two attached hydrogens (primary N) is 1. The second-order valence-electron chi connectivity index (χ2n) is 6.27. The van der Waals surface area contributed by atoms with Crippen LogP contribution in [0.5, 0.6) is 0 Å². The van der Waals surface area contributed by atoms with Crippen LogP contribution in [0.1, 0.15) is 28.2 Å². The Kier molecular flexibility index (Phi) is 5.45. The van der Waals surface area contributed by atoms with Crippen molar-refractivity contribution in [2.24, 2.45) is 5.73 Å². The number of carbonyl (C=O) groups excluding carboxylic acids is 1. The zero-order valence-electron chi connectivity index (χ0n) is 14.3. The first kappa shape index (κ1) is 18.6. The number of aryl methyl sites for hydroxylation is 1. The summed E-state index contributed by atoms with van der Waals surface area (Å²) in [5, 5.41) is 8.87. The molecular weight excluding hydrogens is 372 g/mol. The molecule has 1 unspecified atom stereocenters. The quantitative estimate of drug-likeness (QED) is 0.545. The first-order valence-corrected chi connectivity index (χ1v) is 9.16. The van der Waals surface area contributed by atoms with Crippen LogP contribution in [0.4, 0.5) is 5.69 Å². The van der Waals surface area contributed by atoms with Crippen molar-refractivity contribution in [2.75, 3.05) is 18.4 Å². The van der Waals surface area contributed by atoms with E-state index in [1.807, 2.05) is 12.3 Å². The number of anilines is 1. The van der Waals surface area contributed by atoms with Crippen molar-refractivity contribution in [3.8, 4) is 10.6 Å². The summed E-state index contributed by atoms with van der Waals surface area (Å²) in [5.41, 5.74) is 8.85. The number of fused-ring (bicyclic) bond motifs is 1. The predicted octanol–water partition coefficient (Wildman–Crippen LogP) is 2.68. The number of carbonyl (C=O) groups is 1. The van der Waals surface area contributed by atoms with Crippen molar-refractivity contribution in [3.05, 3.63) is 29.0 Å². The zero-order chi connectivity index (χ0) is 17.4. The number of aromatic nitrogens is 3. The molecule has 1 saturated heterocycles. The van der Waals surface area contributed by atoms with E-state index in [0.717, 1.165) is 53.2 Å². The smallest absolute Gasteiger partial charge is 0.260 e. The maximum Gasteiger partial charge on any atom is 0.260 e. The Hall–Kier alpha value is -2.16. The molecule has 0 radical (unpaired) electrons. The fraction of sp³-hybridized carbons (Fsp3) is 0.353. The third-order valence-corrected chi connectivity index (χ3v) is 5.69. The fourth-order valence-electron chi connectivity index (χ4n) is 3.24. The number of hydrogen-bond acceptors (Lipinski definition) is 6. The summed E-state index contributed by atoms with van der Waals surface area (Å²) < 4.78 is 0. The number of amides is 1. The molecule has 4 rings (SSSR count). The monoisotopic (exact) mass is 392 g/mol. The van der Waals surface area contributed by atoms with Crippen molar-refractivity contribution >= 4 is 46.4 Å². The molecule has 1 aliphatic heterocycles. The largest absolute Gasteiger partial charge is 0.380 e. The number of rotatable bonds is 4. The van der Waals surface area contributed by atoms with E-state index in [0.29, 0.717) is 16.6 Å². The lowest BCUT2D eigenvalue weighted by atomic mass is 10.1. The molecule has 0 bridgehead atoms. The van der Waals surface area contributed by atoms with Crippen LogP contribution >= 0.6 is 23.7 Å². The molecule has 9 heteroatoms. The van der Waals surface area contributed by atoms with E-state index in [-0.39, 0.29) is 12.4 Å². The molecule has 0 saturated carbocycles. The highest BCUT2D eigenvalue weighted by Gasteiger charge is 2.21. The number of nitrogens with one attached hydrogen (secondary N) is 3. The van der Waals surface area contributed by atoms with Gasteiger partial charge < -0.3 is 21.4 Å². The minimum absolute atomic E-state index is 0. The number of aromatic amines is 1. The van der Waals surface area contributed by atoms with Gasteiger partial charge in [0.2, 0.25) is 0 Å². The van der Waals surface area contributed by atoms with Gasteiger partial charge in [-0.2, -0.15) is 0 Å². The number of halogens is 1. The van der Waals surface area contributed by atoms with Gasteiger partial charge in [-0.15, -0.1) is 23.7 Å². The third-order valence-electron chi connectivity index (χ3n) is 4.48. The zero-order valence-corrected chi connectivity index (χ0v) is 16.0. The molecule has 1 amide bonds. The van der Waals surface area contributed by atoms with Crippen LogP contribution in [0.2, 0.25) is 0 Å². The van der Waals surface area contributed by atoms with Gasteiger partial charge in [0, 0.05) is 30.4 Å². The summed E-state index contributed by atoms with van der Waals surface area (Å²) in [6.07, 6.45) is 5.95. The summed E-state index contributed by atoms with van der Waals surface area (Å²) in [6.45, 7) is 3.80. The van der Waals surface area contributed by atoms with Gasteiger partial charge >= 0.3 is 0 Å². The summed E-state index contributed by atoms with van der Waals surface area (Å²) in [5.74, 6) is -0.442. The van der Waals surface area contributed by atoms with Crippen LogP contribution in [-0.4, -0.2) is 40.0 Å². The molecule has 0 spiro atoms. The molecule has 138 valence electrons. The normalized spacial score (nSPS) is 17.0. The summed E-state index contributed by atoms with van der Waals surface area (Å²) in [6, 6.07) is 2.37. The first-order valence-electron chi connectivity index (χ1n) is 8.34. The lowest BCUT2D eigenvalue weighted by Crippen LogP contribution is -2.38. The molecule has 3 aromatic heterocycles. The Morgan fingerprint density at radius 2 is 2.31 bits per heavy atom. The van der Waals surface area contributed by atoms with Crippen molar-refractivity contribution in [3.63, 3.8) is 0 Å². The van der Waals surface area contributed by atoms with Gasteiger partial charge in [-0.25, -0.2) is 9.97 Å². The van der Waals surface area contributed by atoms with E-state index in [4.69, 9.17) is 5.73 Å². The minimum Gasteiger partial charge on any atom is -0.380 e. The summed E-state index contributed by atoms with van der Waals surface area (Å²) in [7, 11) is 0. The Balaban J connectivity index is 0.00000196. The van der Waals surface area contributed by atoms with Gasteiger partial charge in [0.1, 0.15) is 15.5 Å². The highest BCUT2D eigenvalue weighted by atomic mass is 35.5. The lowest BCUT2D eigenvalue weighted by molar-refractivity contribution is 0.100. The van der Waals surface area contributed by atoms with Crippen LogP contribution in [0, 0.1) is 6.92 Å². The molecule has 1 aliphatic rings. The van der Waals surface area contributed by atoms with Gasteiger partial charge in [0.05, 0.1) is 16.9 Å². The number of nitrogens with zero attached hydrogens (tertiary/aromatic N) is 2. The van der Waals surface area contributed by atoms with Crippen LogP contribution in [0.15, 0.2) is 18.5 Å². The number of piperidine rings is 1. The molecule has 0 aliphatic carbocycles. The Labute approximate surface area is 161 Å². The van der Waals surface area contributed by atoms with E-state index >= 15 is 0 Å². The molecule has 26 heavy (non-hydrogen) atoms. The van der Waals surface area contributed by atoms with Crippen LogP contribution in [-0.2, 0) is 0 Å². The van der Waals surface area contributed by atoms with Crippen molar-refractivity contribution in [2.45, 2.75) is 25.8 Å². The maximum absolute atomic E-state index is 11.6. The Morgan fingerprint density at radius 3 is 3.00 bits per heavy atom. The molecule has 3 aromatic rings. The molecule has 1 fully saturated rings. The van der Waals surface area contributed by atoms with Crippen molar-refractivity contribution < 1.29 is 4.79 Å². The molecular formula is C17H21ClN6OS. The number of H-pyrrole nitrogens is 1. The fourth-order valence-corrected chi connectivity index (χ4v) is 4.18. The minimum atomic E-state index is -0.442. The maximum atomic E-state index is 11.6. The Bertz CT molecular complexity index is 931. The highest BCUT2D eigenvalue weighted by molar-refractivity contribution is 7.17. The van der Waals surface area contributed by atoms with Crippen LogP contribution in [0.25, 0.3) is 21.6 Å². The van der Waals surface area contributed by atoms with Gasteiger partial charge in [0.25, 0.3) is 5.91 Å². The molecule has 1 atom stereocenters.